The van der Waals surface area contributed by atoms with Gasteiger partial charge in [0.05, 0.1) is 13.2 Å². The lowest BCUT2D eigenvalue weighted by Gasteiger charge is -2.19. The molecule has 57 heavy (non-hydrogen) atoms. The number of hydrogen-bond donors (Lipinski definition) is 2. The van der Waals surface area contributed by atoms with Crippen LogP contribution < -0.4 is 5.73 Å². The van der Waals surface area contributed by atoms with Gasteiger partial charge in [0.15, 0.2) is 6.10 Å². The van der Waals surface area contributed by atoms with Crippen LogP contribution in [0.1, 0.15) is 155 Å². The van der Waals surface area contributed by atoms with Gasteiger partial charge in [0.2, 0.25) is 0 Å². The number of phosphoric acid groups is 1. The Balaban J connectivity index is 4.35. The molecule has 0 amide bonds. The van der Waals surface area contributed by atoms with Gasteiger partial charge in [0.25, 0.3) is 0 Å². The van der Waals surface area contributed by atoms with Crippen molar-refractivity contribution in [1.82, 2.24) is 0 Å². The number of esters is 2. The molecule has 10 heteroatoms. The van der Waals surface area contributed by atoms with Crippen LogP contribution in [0, 0.1) is 0 Å². The number of allylic oxidation sites excluding steroid dienone is 16. The Morgan fingerprint density at radius 2 is 0.947 bits per heavy atom. The highest BCUT2D eigenvalue weighted by atomic mass is 31.2. The third kappa shape index (κ3) is 42.4. The van der Waals surface area contributed by atoms with Crippen molar-refractivity contribution in [3.8, 4) is 0 Å². The van der Waals surface area contributed by atoms with Crippen molar-refractivity contribution in [3.05, 3.63) is 97.2 Å². The second-order valence-electron chi connectivity index (χ2n) is 13.8. The fourth-order valence-corrected chi connectivity index (χ4v) is 5.98. The minimum atomic E-state index is -4.41. The maximum absolute atomic E-state index is 12.6. The summed E-state index contributed by atoms with van der Waals surface area (Å²) in [6.07, 6.45) is 54.5. The van der Waals surface area contributed by atoms with Crippen molar-refractivity contribution in [1.29, 1.82) is 0 Å². The lowest BCUT2D eigenvalue weighted by Crippen LogP contribution is -2.29. The van der Waals surface area contributed by atoms with Crippen LogP contribution in [-0.4, -0.2) is 49.3 Å². The number of phosphoric ester groups is 1. The number of carbonyl (C=O) groups excluding carboxylic acids is 2. The summed E-state index contributed by atoms with van der Waals surface area (Å²) in [7, 11) is -4.41. The maximum atomic E-state index is 12.6. The number of unbranched alkanes of at least 4 members (excludes halogenated alkanes) is 10. The van der Waals surface area contributed by atoms with Gasteiger partial charge >= 0.3 is 19.8 Å². The Morgan fingerprint density at radius 1 is 0.526 bits per heavy atom. The number of carbonyl (C=O) groups is 2. The second kappa shape index (κ2) is 42.5. The van der Waals surface area contributed by atoms with Gasteiger partial charge in [0, 0.05) is 19.4 Å². The largest absolute Gasteiger partial charge is 0.472 e. The molecular weight excluding hydrogens is 737 g/mol. The average molecular weight is 816 g/mol. The molecular formula is C47H78NO8P. The summed E-state index contributed by atoms with van der Waals surface area (Å²) >= 11 is 0. The standard InChI is InChI=1S/C47H78NO8P/c1-3-5-7-9-11-13-15-17-19-21-22-24-25-27-29-31-33-35-37-39-46(49)53-43-45(44-55-57(51,52)54-42-41-48)56-47(50)40-38-36-34-32-30-28-26-23-20-18-16-14-12-10-8-6-4-2/h11-14,17-20,22,24,26-29,33,35,45H,3-10,15-16,21,23,25,30-32,34,36-44,48H2,1-2H3,(H,51,52)/t45-/m1/s1. The molecule has 2 atom stereocenters. The van der Waals surface area contributed by atoms with E-state index in [4.69, 9.17) is 24.3 Å². The van der Waals surface area contributed by atoms with E-state index in [2.05, 4.69) is 98.9 Å². The first kappa shape index (κ1) is 53.9. The molecule has 0 aliphatic rings. The van der Waals surface area contributed by atoms with Crippen LogP contribution in [0.15, 0.2) is 97.2 Å². The highest BCUT2D eigenvalue weighted by Gasteiger charge is 2.25. The van der Waals surface area contributed by atoms with Gasteiger partial charge in [-0.3, -0.25) is 18.6 Å². The van der Waals surface area contributed by atoms with Crippen LogP contribution in [0.5, 0.6) is 0 Å². The smallest absolute Gasteiger partial charge is 0.462 e. The molecule has 0 aromatic rings. The zero-order chi connectivity index (χ0) is 41.8. The predicted octanol–water partition coefficient (Wildman–Crippen LogP) is 12.6. The van der Waals surface area contributed by atoms with Crippen LogP contribution >= 0.6 is 7.82 Å². The van der Waals surface area contributed by atoms with E-state index >= 15 is 0 Å². The third-order valence-corrected chi connectivity index (χ3v) is 9.44. The lowest BCUT2D eigenvalue weighted by molar-refractivity contribution is -0.161. The van der Waals surface area contributed by atoms with Crippen molar-refractivity contribution in [3.63, 3.8) is 0 Å². The van der Waals surface area contributed by atoms with E-state index in [-0.39, 0.29) is 32.6 Å². The summed E-state index contributed by atoms with van der Waals surface area (Å²) in [4.78, 5) is 34.8. The molecule has 1 unspecified atom stereocenters. The molecule has 0 heterocycles. The summed E-state index contributed by atoms with van der Waals surface area (Å²) in [5.74, 6) is -0.960. The van der Waals surface area contributed by atoms with E-state index < -0.39 is 32.5 Å². The Bertz CT molecular complexity index is 1250. The lowest BCUT2D eigenvalue weighted by atomic mass is 10.1. The molecule has 0 rings (SSSR count). The molecule has 0 radical (unpaired) electrons. The molecule has 0 aliphatic carbocycles. The van der Waals surface area contributed by atoms with E-state index in [1.165, 1.54) is 51.4 Å². The summed E-state index contributed by atoms with van der Waals surface area (Å²) in [6, 6.07) is 0. The number of hydrogen-bond acceptors (Lipinski definition) is 8. The minimum absolute atomic E-state index is 0.0347. The maximum Gasteiger partial charge on any atom is 0.472 e. The molecule has 324 valence electrons. The zero-order valence-electron chi connectivity index (χ0n) is 35.5. The number of rotatable bonds is 39. The van der Waals surface area contributed by atoms with Gasteiger partial charge in [-0.25, -0.2) is 4.57 Å². The van der Waals surface area contributed by atoms with Crippen molar-refractivity contribution < 1.29 is 37.6 Å². The molecule has 0 saturated heterocycles. The van der Waals surface area contributed by atoms with Gasteiger partial charge in [-0.1, -0.05) is 150 Å². The van der Waals surface area contributed by atoms with Crippen molar-refractivity contribution in [2.24, 2.45) is 5.73 Å². The van der Waals surface area contributed by atoms with E-state index in [0.717, 1.165) is 64.2 Å². The Hall–Kier alpha value is -3.07. The molecule has 3 N–H and O–H groups in total. The summed E-state index contributed by atoms with van der Waals surface area (Å²) in [5, 5.41) is 0. The first-order chi connectivity index (χ1) is 27.8. The van der Waals surface area contributed by atoms with Gasteiger partial charge < -0.3 is 20.1 Å². The SMILES string of the molecule is CCCCCC=CCC=CCC=CCC=CCC=CCCC(=O)OC[C@H](COP(=O)(O)OCCN)OC(=O)CCCCCCC=CCC=CCC=CCCCCC. The van der Waals surface area contributed by atoms with Gasteiger partial charge in [0.1, 0.15) is 6.61 Å². The Morgan fingerprint density at radius 3 is 1.40 bits per heavy atom. The fraction of sp³-hybridized carbons (Fsp3) is 0.617. The van der Waals surface area contributed by atoms with Gasteiger partial charge in [-0.15, -0.1) is 0 Å². The molecule has 0 saturated carbocycles. The predicted molar refractivity (Wildman–Crippen MR) is 238 cm³/mol. The minimum Gasteiger partial charge on any atom is -0.462 e. The molecule has 0 aromatic carbocycles. The number of nitrogens with two attached hydrogens (primary N) is 1. The Labute approximate surface area is 346 Å². The summed E-state index contributed by atoms with van der Waals surface area (Å²) < 4.78 is 32.7. The summed E-state index contributed by atoms with van der Waals surface area (Å²) in [5.41, 5.74) is 5.34. The molecule has 0 aromatic heterocycles. The van der Waals surface area contributed by atoms with E-state index in [0.29, 0.717) is 12.8 Å². The van der Waals surface area contributed by atoms with Crippen LogP contribution in [0.3, 0.4) is 0 Å². The normalized spacial score (nSPS) is 14.2. The van der Waals surface area contributed by atoms with E-state index in [1.54, 1.807) is 0 Å². The van der Waals surface area contributed by atoms with E-state index in [9.17, 15) is 19.0 Å². The monoisotopic (exact) mass is 816 g/mol. The second-order valence-corrected chi connectivity index (χ2v) is 15.3. The first-order valence-corrected chi connectivity index (χ1v) is 23.2. The van der Waals surface area contributed by atoms with Crippen LogP contribution in [0.2, 0.25) is 0 Å². The van der Waals surface area contributed by atoms with Crippen LogP contribution in [0.25, 0.3) is 0 Å². The highest BCUT2D eigenvalue weighted by molar-refractivity contribution is 7.47. The molecule has 9 nitrogen and oxygen atoms in total. The average Bonchev–Trinajstić information content (AvgIpc) is 3.20. The fourth-order valence-electron chi connectivity index (χ4n) is 5.21. The summed E-state index contributed by atoms with van der Waals surface area (Å²) in [6.45, 7) is 3.54. The Kier molecular flexibility index (Phi) is 40.2. The molecule has 0 spiro atoms. The highest BCUT2D eigenvalue weighted by Crippen LogP contribution is 2.43. The van der Waals surface area contributed by atoms with Crippen molar-refractivity contribution >= 4 is 19.8 Å². The topological polar surface area (TPSA) is 134 Å². The number of ether oxygens (including phenoxy) is 2. The van der Waals surface area contributed by atoms with E-state index in [1.807, 2.05) is 12.2 Å². The molecule has 0 bridgehead atoms. The van der Waals surface area contributed by atoms with Crippen molar-refractivity contribution in [2.45, 2.75) is 161 Å². The van der Waals surface area contributed by atoms with Crippen LogP contribution in [0.4, 0.5) is 0 Å². The van der Waals surface area contributed by atoms with Gasteiger partial charge in [-0.2, -0.15) is 0 Å². The molecule has 0 aliphatic heterocycles. The van der Waals surface area contributed by atoms with Gasteiger partial charge in [-0.05, 0) is 89.9 Å². The zero-order valence-corrected chi connectivity index (χ0v) is 36.4. The quantitative estimate of drug-likeness (QED) is 0.0269. The molecule has 0 fully saturated rings. The first-order valence-electron chi connectivity index (χ1n) is 21.7. The van der Waals surface area contributed by atoms with Crippen molar-refractivity contribution in [2.75, 3.05) is 26.4 Å². The third-order valence-electron chi connectivity index (χ3n) is 8.46. The van der Waals surface area contributed by atoms with Crippen LogP contribution in [-0.2, 0) is 32.7 Å².